The minimum absolute atomic E-state index is 0.0238. The lowest BCUT2D eigenvalue weighted by Crippen LogP contribution is -1.99. The van der Waals surface area contributed by atoms with Crippen molar-refractivity contribution in [2.75, 3.05) is 0 Å². The molecule has 0 fully saturated rings. The van der Waals surface area contributed by atoms with E-state index < -0.39 is 0 Å². The fraction of sp³-hybridized carbons (Fsp3) is 0.136. The number of rotatable bonds is 4. The number of aromatic nitrogens is 1. The van der Waals surface area contributed by atoms with Crippen LogP contribution in [-0.4, -0.2) is 10.4 Å². The van der Waals surface area contributed by atoms with E-state index in [-0.39, 0.29) is 5.78 Å². The summed E-state index contributed by atoms with van der Waals surface area (Å²) in [6.07, 6.45) is 3.55. The molecule has 2 aromatic carbocycles. The number of hydrogen-bond donors (Lipinski definition) is 0. The third-order valence-corrected chi connectivity index (χ3v) is 4.24. The van der Waals surface area contributed by atoms with Gasteiger partial charge in [0.25, 0.3) is 0 Å². The molecule has 0 atom stereocenters. The first-order chi connectivity index (χ1) is 11.6. The second-order valence-corrected chi connectivity index (χ2v) is 6.06. The number of hydrogen-bond acceptors (Lipinski definition) is 1. The summed E-state index contributed by atoms with van der Waals surface area (Å²) in [5.41, 5.74) is 6.45. The highest BCUT2D eigenvalue weighted by Crippen LogP contribution is 2.22. The van der Waals surface area contributed by atoms with Gasteiger partial charge in [-0.3, -0.25) is 4.79 Å². The molecule has 0 saturated heterocycles. The van der Waals surface area contributed by atoms with E-state index in [2.05, 4.69) is 55.7 Å². The Morgan fingerprint density at radius 2 is 1.58 bits per heavy atom. The van der Waals surface area contributed by atoms with Crippen LogP contribution in [0.3, 0.4) is 0 Å². The van der Waals surface area contributed by atoms with Crippen LogP contribution >= 0.6 is 0 Å². The first-order valence-electron chi connectivity index (χ1n) is 8.10. The van der Waals surface area contributed by atoms with Crippen molar-refractivity contribution in [3.8, 4) is 5.69 Å². The highest BCUT2D eigenvalue weighted by atomic mass is 16.1. The Kier molecular flexibility index (Phi) is 4.48. The van der Waals surface area contributed by atoms with E-state index >= 15 is 0 Å². The van der Waals surface area contributed by atoms with Gasteiger partial charge < -0.3 is 4.57 Å². The summed E-state index contributed by atoms with van der Waals surface area (Å²) < 4.78 is 2.21. The van der Waals surface area contributed by atoms with Crippen molar-refractivity contribution < 1.29 is 4.79 Å². The molecule has 0 bridgehead atoms. The number of allylic oxidation sites excluding steroid dienone is 1. The highest BCUT2D eigenvalue weighted by molar-refractivity contribution is 6.06. The standard InChI is InChI=1S/C22H21NO/c1-16-9-12-21(13-10-16)23-17(2)15-20(18(23)3)11-14-22(24)19-7-5-4-6-8-19/h4-15H,1-3H3/b14-11+. The SMILES string of the molecule is Cc1ccc(-n2c(C)cc(/C=C/C(=O)c3ccccc3)c2C)cc1. The van der Waals surface area contributed by atoms with Crippen LogP contribution in [0.4, 0.5) is 0 Å². The number of carbonyl (C=O) groups excluding carboxylic acids is 1. The summed E-state index contributed by atoms with van der Waals surface area (Å²) in [5, 5.41) is 0. The molecule has 0 amide bonds. The Hall–Kier alpha value is -2.87. The molecular weight excluding hydrogens is 294 g/mol. The van der Waals surface area contributed by atoms with Crippen LogP contribution in [0.5, 0.6) is 0 Å². The third-order valence-electron chi connectivity index (χ3n) is 4.24. The summed E-state index contributed by atoms with van der Waals surface area (Å²) in [6, 6.07) is 19.9. The Morgan fingerprint density at radius 1 is 0.917 bits per heavy atom. The molecule has 0 radical (unpaired) electrons. The molecule has 0 aliphatic rings. The number of benzene rings is 2. The van der Waals surface area contributed by atoms with Gasteiger partial charge in [0.1, 0.15) is 0 Å². The van der Waals surface area contributed by atoms with Crippen molar-refractivity contribution in [1.29, 1.82) is 0 Å². The van der Waals surface area contributed by atoms with Crippen molar-refractivity contribution in [3.63, 3.8) is 0 Å². The Balaban J connectivity index is 1.90. The van der Waals surface area contributed by atoms with E-state index in [9.17, 15) is 4.79 Å². The zero-order chi connectivity index (χ0) is 17.1. The molecule has 0 N–H and O–H groups in total. The van der Waals surface area contributed by atoms with Crippen LogP contribution in [0, 0.1) is 20.8 Å². The first kappa shape index (κ1) is 16.0. The van der Waals surface area contributed by atoms with E-state index in [1.807, 2.05) is 36.4 Å². The molecule has 3 aromatic rings. The Labute approximate surface area is 143 Å². The number of ketones is 1. The van der Waals surface area contributed by atoms with Crippen LogP contribution in [-0.2, 0) is 0 Å². The molecule has 2 heteroatoms. The summed E-state index contributed by atoms with van der Waals surface area (Å²) in [4.78, 5) is 12.2. The molecule has 0 spiro atoms. The summed E-state index contributed by atoms with van der Waals surface area (Å²) in [6.45, 7) is 6.26. The predicted octanol–water partition coefficient (Wildman–Crippen LogP) is 5.30. The van der Waals surface area contributed by atoms with Gasteiger partial charge in [0.05, 0.1) is 0 Å². The largest absolute Gasteiger partial charge is 0.318 e. The lowest BCUT2D eigenvalue weighted by Gasteiger charge is -2.09. The molecule has 0 saturated carbocycles. The van der Waals surface area contributed by atoms with Crippen LogP contribution in [0.25, 0.3) is 11.8 Å². The predicted molar refractivity (Wildman–Crippen MR) is 99.8 cm³/mol. The number of nitrogens with zero attached hydrogens (tertiary/aromatic N) is 1. The number of carbonyl (C=O) groups is 1. The maximum Gasteiger partial charge on any atom is 0.185 e. The highest BCUT2D eigenvalue weighted by Gasteiger charge is 2.09. The lowest BCUT2D eigenvalue weighted by atomic mass is 10.1. The minimum Gasteiger partial charge on any atom is -0.318 e. The van der Waals surface area contributed by atoms with E-state index in [0.717, 1.165) is 22.6 Å². The van der Waals surface area contributed by atoms with Gasteiger partial charge in [-0.25, -0.2) is 0 Å². The maximum absolute atomic E-state index is 12.2. The van der Waals surface area contributed by atoms with E-state index in [1.54, 1.807) is 6.08 Å². The van der Waals surface area contributed by atoms with Crippen LogP contribution < -0.4 is 0 Å². The maximum atomic E-state index is 12.2. The van der Waals surface area contributed by atoms with Gasteiger partial charge in [0, 0.05) is 22.6 Å². The third kappa shape index (κ3) is 3.23. The van der Waals surface area contributed by atoms with E-state index in [4.69, 9.17) is 0 Å². The molecular formula is C22H21NO. The summed E-state index contributed by atoms with van der Waals surface area (Å²) in [5.74, 6) is 0.0238. The van der Waals surface area contributed by atoms with E-state index in [0.29, 0.717) is 5.56 Å². The molecule has 1 heterocycles. The van der Waals surface area contributed by atoms with Gasteiger partial charge in [0.2, 0.25) is 0 Å². The fourth-order valence-electron chi connectivity index (χ4n) is 2.91. The van der Waals surface area contributed by atoms with Crippen LogP contribution in [0.1, 0.15) is 32.9 Å². The van der Waals surface area contributed by atoms with Crippen molar-refractivity contribution in [2.45, 2.75) is 20.8 Å². The van der Waals surface area contributed by atoms with Crippen molar-refractivity contribution in [2.24, 2.45) is 0 Å². The van der Waals surface area contributed by atoms with Gasteiger partial charge in [-0.2, -0.15) is 0 Å². The zero-order valence-electron chi connectivity index (χ0n) is 14.3. The van der Waals surface area contributed by atoms with Gasteiger partial charge in [-0.1, -0.05) is 48.0 Å². The Morgan fingerprint density at radius 3 is 2.25 bits per heavy atom. The second kappa shape index (κ2) is 6.71. The quantitative estimate of drug-likeness (QED) is 0.473. The van der Waals surface area contributed by atoms with Crippen LogP contribution in [0.2, 0.25) is 0 Å². The molecule has 0 aliphatic heterocycles. The minimum atomic E-state index is 0.0238. The monoisotopic (exact) mass is 315 g/mol. The van der Waals surface area contributed by atoms with E-state index in [1.165, 1.54) is 5.56 Å². The second-order valence-electron chi connectivity index (χ2n) is 6.06. The van der Waals surface area contributed by atoms with Gasteiger partial charge in [-0.15, -0.1) is 0 Å². The molecule has 3 rings (SSSR count). The normalized spacial score (nSPS) is 11.1. The van der Waals surface area contributed by atoms with Gasteiger partial charge in [0.15, 0.2) is 5.78 Å². The van der Waals surface area contributed by atoms with Crippen molar-refractivity contribution in [1.82, 2.24) is 4.57 Å². The molecule has 0 aliphatic carbocycles. The van der Waals surface area contributed by atoms with Gasteiger partial charge in [-0.05, 0) is 56.7 Å². The molecule has 120 valence electrons. The van der Waals surface area contributed by atoms with Crippen molar-refractivity contribution in [3.05, 3.63) is 94.8 Å². The molecule has 1 aromatic heterocycles. The van der Waals surface area contributed by atoms with Crippen LogP contribution in [0.15, 0.2) is 66.7 Å². The lowest BCUT2D eigenvalue weighted by molar-refractivity contribution is 0.104. The average Bonchev–Trinajstić information content (AvgIpc) is 2.88. The average molecular weight is 315 g/mol. The topological polar surface area (TPSA) is 22.0 Å². The molecule has 24 heavy (non-hydrogen) atoms. The van der Waals surface area contributed by atoms with Gasteiger partial charge >= 0.3 is 0 Å². The number of aryl methyl sites for hydroxylation is 2. The summed E-state index contributed by atoms with van der Waals surface area (Å²) in [7, 11) is 0. The first-order valence-corrected chi connectivity index (χ1v) is 8.10. The molecule has 0 unspecified atom stereocenters. The summed E-state index contributed by atoms with van der Waals surface area (Å²) >= 11 is 0. The van der Waals surface area contributed by atoms with Crippen molar-refractivity contribution >= 4 is 11.9 Å². The zero-order valence-corrected chi connectivity index (χ0v) is 14.3. The molecule has 2 nitrogen and oxygen atoms in total. The smallest absolute Gasteiger partial charge is 0.185 e. The Bertz CT molecular complexity index is 884. The fourth-order valence-corrected chi connectivity index (χ4v) is 2.91.